The van der Waals surface area contributed by atoms with Crippen molar-refractivity contribution in [1.82, 2.24) is 15.0 Å². The number of halogens is 1. The van der Waals surface area contributed by atoms with E-state index in [9.17, 15) is 0 Å². The molecule has 1 saturated carbocycles. The summed E-state index contributed by atoms with van der Waals surface area (Å²) in [7, 11) is 0. The molecule has 0 radical (unpaired) electrons. The van der Waals surface area contributed by atoms with Crippen molar-refractivity contribution in [3.8, 4) is 89.4 Å². The predicted molar refractivity (Wildman–Crippen MR) is 362 cm³/mol. The molecule has 3 aromatic heterocycles. The zero-order valence-corrected chi connectivity index (χ0v) is 52.3. The van der Waals surface area contributed by atoms with Crippen LogP contribution < -0.4 is 0 Å². The van der Waals surface area contributed by atoms with Crippen LogP contribution in [0, 0.1) is 0 Å². The Hall–Kier alpha value is -8.31. The number of benzene rings is 8. The van der Waals surface area contributed by atoms with Crippen molar-refractivity contribution in [3.05, 3.63) is 281 Å². The molecule has 0 saturated heterocycles. The Morgan fingerprint density at radius 3 is 1.13 bits per heavy atom. The van der Waals surface area contributed by atoms with Crippen LogP contribution in [-0.2, 0) is 16.2 Å². The lowest BCUT2D eigenvalue weighted by atomic mass is 9.65. The summed E-state index contributed by atoms with van der Waals surface area (Å²) in [6.45, 7) is 20.9. The van der Waals surface area contributed by atoms with Crippen molar-refractivity contribution < 1.29 is 0 Å². The minimum absolute atomic E-state index is 0.0120. The molecule has 2 unspecified atom stereocenters. The molecule has 0 aliphatic heterocycles. The van der Waals surface area contributed by atoms with Gasteiger partial charge < -0.3 is 0 Å². The molecule has 422 valence electrons. The second-order valence-corrected chi connectivity index (χ2v) is 27.4. The molecule has 0 N–H and O–H groups in total. The quantitative estimate of drug-likeness (QED) is 0.130. The molecule has 1 aliphatic carbocycles. The van der Waals surface area contributed by atoms with Crippen LogP contribution in [0.4, 0.5) is 0 Å². The molecule has 4 heteroatoms. The van der Waals surface area contributed by atoms with Gasteiger partial charge in [-0.3, -0.25) is 15.0 Å². The molecule has 85 heavy (non-hydrogen) atoms. The molecule has 0 bridgehead atoms. The molecule has 3 heterocycles. The molecule has 11 aromatic rings. The van der Waals surface area contributed by atoms with Gasteiger partial charge in [0.25, 0.3) is 0 Å². The topological polar surface area (TPSA) is 38.7 Å². The highest BCUT2D eigenvalue weighted by Crippen LogP contribution is 2.55. The van der Waals surface area contributed by atoms with Crippen LogP contribution in [0.15, 0.2) is 248 Å². The first-order valence-electron chi connectivity index (χ1n) is 30.3. The summed E-state index contributed by atoms with van der Waals surface area (Å²) in [5, 5.41) is 0. The molecule has 8 aromatic carbocycles. The Bertz CT molecular complexity index is 3970. The lowest BCUT2D eigenvalue weighted by molar-refractivity contribution is 0.352. The first kappa shape index (κ1) is 57.1. The van der Waals surface area contributed by atoms with Crippen molar-refractivity contribution in [3.63, 3.8) is 0 Å². The van der Waals surface area contributed by atoms with Gasteiger partial charge in [0, 0.05) is 39.8 Å². The molecule has 12 rings (SSSR count). The number of hydrogen-bond donors (Lipinski definition) is 0. The summed E-state index contributed by atoms with van der Waals surface area (Å²) in [6.07, 6.45) is 8.71. The molecule has 0 amide bonds. The first-order valence-corrected chi connectivity index (χ1v) is 31.1. The van der Waals surface area contributed by atoms with Gasteiger partial charge in [0.1, 0.15) is 0 Å². The molecule has 2 atom stereocenters. The van der Waals surface area contributed by atoms with E-state index in [-0.39, 0.29) is 34.0 Å². The highest BCUT2D eigenvalue weighted by atomic mass is 79.9. The second kappa shape index (κ2) is 23.6. The zero-order chi connectivity index (χ0) is 59.0. The van der Waals surface area contributed by atoms with Crippen molar-refractivity contribution in [2.75, 3.05) is 0 Å². The fourth-order valence-electron chi connectivity index (χ4n) is 13.0. The van der Waals surface area contributed by atoms with E-state index in [1.54, 1.807) is 0 Å². The third-order valence-corrected chi connectivity index (χ3v) is 18.4. The van der Waals surface area contributed by atoms with Gasteiger partial charge in [-0.25, -0.2) is 0 Å². The summed E-state index contributed by atoms with van der Waals surface area (Å²) < 4.78 is 1.06. The summed E-state index contributed by atoms with van der Waals surface area (Å²) in [5.41, 5.74) is 26.5. The molecule has 1 fully saturated rings. The summed E-state index contributed by atoms with van der Waals surface area (Å²) in [6, 6.07) is 83.8. The maximum Gasteiger partial charge on any atom is 0.0705 e. The Labute approximate surface area is 513 Å². The van der Waals surface area contributed by atoms with Crippen molar-refractivity contribution in [1.29, 1.82) is 0 Å². The van der Waals surface area contributed by atoms with E-state index < -0.39 is 0 Å². The molecule has 3 nitrogen and oxygen atoms in total. The SMILES string of the molecule is CC(C)(C)c1ccnc(-c2ccc(-c3ccccc3C3CC(c4ccc(C(C)(C)C)cc4-c4ccc(-c5ccccn5)cc4-c4ccccc4)CC(c4ccc(C(C)(C)C)cc4-c4ccc(-c5ccccn5)cc4-c4ccccc4)C3)c(Br)c2)c1. The molecule has 0 spiro atoms. The highest BCUT2D eigenvalue weighted by Gasteiger charge is 2.36. The van der Waals surface area contributed by atoms with Gasteiger partial charge in [-0.2, -0.15) is 0 Å². The van der Waals surface area contributed by atoms with E-state index in [1.165, 1.54) is 89.0 Å². The fraction of sp³-hybridized carbons (Fsp3) is 0.222. The van der Waals surface area contributed by atoms with E-state index in [2.05, 4.69) is 291 Å². The van der Waals surface area contributed by atoms with Crippen molar-refractivity contribution in [2.45, 2.75) is 116 Å². The molecular weight excluding hydrogens is 1090 g/mol. The normalized spacial score (nSPS) is 15.6. The van der Waals surface area contributed by atoms with Crippen LogP contribution in [0.1, 0.15) is 133 Å². The van der Waals surface area contributed by atoms with Gasteiger partial charge in [-0.05, 0) is 197 Å². The Morgan fingerprint density at radius 2 is 0.682 bits per heavy atom. The average Bonchev–Trinajstić information content (AvgIpc) is 1.54. The number of pyridine rings is 3. The van der Waals surface area contributed by atoms with Crippen LogP contribution in [0.3, 0.4) is 0 Å². The highest BCUT2D eigenvalue weighted by molar-refractivity contribution is 9.10. The van der Waals surface area contributed by atoms with Crippen LogP contribution in [-0.4, -0.2) is 15.0 Å². The van der Waals surface area contributed by atoms with Crippen LogP contribution >= 0.6 is 15.9 Å². The van der Waals surface area contributed by atoms with Gasteiger partial charge in [0.2, 0.25) is 0 Å². The third kappa shape index (κ3) is 12.2. The van der Waals surface area contributed by atoms with E-state index in [0.717, 1.165) is 57.5 Å². The summed E-state index contributed by atoms with van der Waals surface area (Å²) in [4.78, 5) is 14.6. The zero-order valence-electron chi connectivity index (χ0n) is 50.7. The number of aromatic nitrogens is 3. The monoisotopic (exact) mass is 1170 g/mol. The maximum absolute atomic E-state index is 4.88. The fourth-order valence-corrected chi connectivity index (χ4v) is 13.6. The van der Waals surface area contributed by atoms with Gasteiger partial charge >= 0.3 is 0 Å². The largest absolute Gasteiger partial charge is 0.256 e. The van der Waals surface area contributed by atoms with Gasteiger partial charge in [-0.15, -0.1) is 0 Å². The van der Waals surface area contributed by atoms with E-state index in [4.69, 9.17) is 15.0 Å². The van der Waals surface area contributed by atoms with Gasteiger partial charge in [-0.1, -0.05) is 248 Å². The maximum atomic E-state index is 4.88. The van der Waals surface area contributed by atoms with Crippen LogP contribution in [0.2, 0.25) is 0 Å². The number of nitrogens with zero attached hydrogens (tertiary/aromatic N) is 3. The Kier molecular flexibility index (Phi) is 15.9. The first-order chi connectivity index (χ1) is 40.9. The van der Waals surface area contributed by atoms with Gasteiger partial charge in [0.05, 0.1) is 17.1 Å². The third-order valence-electron chi connectivity index (χ3n) is 17.7. The molecular formula is C81H76BrN3. The molecule has 1 aliphatic rings. The summed E-state index contributed by atoms with van der Waals surface area (Å²) >= 11 is 4.17. The van der Waals surface area contributed by atoms with Gasteiger partial charge in [0.15, 0.2) is 0 Å². The van der Waals surface area contributed by atoms with E-state index >= 15 is 0 Å². The summed E-state index contributed by atoms with van der Waals surface area (Å²) in [5.74, 6) is 0.603. The van der Waals surface area contributed by atoms with Crippen molar-refractivity contribution >= 4 is 15.9 Å². The number of rotatable bonds is 11. The predicted octanol–water partition coefficient (Wildman–Crippen LogP) is 22.7. The van der Waals surface area contributed by atoms with E-state index in [0.29, 0.717) is 0 Å². The van der Waals surface area contributed by atoms with Crippen LogP contribution in [0.5, 0.6) is 0 Å². The lowest BCUT2D eigenvalue weighted by Gasteiger charge is -2.39. The standard InChI is InChI=1S/C81H76BrN3/c1-79(2,3)61-33-38-65(73(50-61)68-35-30-55(76-28-18-20-41-83-76)47-71(68)53-22-12-10-13-23-53)59-44-58(64-26-16-17-27-67(64)70-37-32-57(49-75(70)82)78-52-63(40-43-85-78)81(7,8)9)45-60(46-59)66-39-34-62(80(4,5)6)51-74(66)69-36-31-56(77-29-19-21-42-84-77)48-72(69)54-24-14-11-15-25-54/h10-43,47-52,58-60H,44-46H2,1-9H3. The Morgan fingerprint density at radius 1 is 0.282 bits per heavy atom. The van der Waals surface area contributed by atoms with E-state index in [1.807, 2.05) is 30.7 Å². The van der Waals surface area contributed by atoms with Crippen LogP contribution in [0.25, 0.3) is 89.4 Å². The van der Waals surface area contributed by atoms with Crippen molar-refractivity contribution in [2.24, 2.45) is 0 Å². The number of hydrogen-bond acceptors (Lipinski definition) is 3. The average molecular weight is 1170 g/mol. The Balaban J connectivity index is 1.06. The second-order valence-electron chi connectivity index (χ2n) is 26.5. The minimum Gasteiger partial charge on any atom is -0.256 e. The lowest BCUT2D eigenvalue weighted by Crippen LogP contribution is -2.22. The minimum atomic E-state index is -0.0780. The smallest absolute Gasteiger partial charge is 0.0705 e.